The summed E-state index contributed by atoms with van der Waals surface area (Å²) in [7, 11) is 1.10. The highest BCUT2D eigenvalue weighted by Gasteiger charge is 2.29. The second kappa shape index (κ2) is 36.3. The highest BCUT2D eigenvalue weighted by Crippen LogP contribution is 2.38. The van der Waals surface area contributed by atoms with Gasteiger partial charge in [0.05, 0.1) is 39.9 Å². The lowest BCUT2D eigenvalue weighted by Gasteiger charge is -2.31. The lowest BCUT2D eigenvalue weighted by atomic mass is 10.0. The Morgan fingerprint density at radius 1 is 0.648 bits per heavy atom. The van der Waals surface area contributed by atoms with Gasteiger partial charge in [-0.15, -0.1) is 0 Å². The third-order valence-corrected chi connectivity index (χ3v) is 11.0. The number of carbonyl (C=O) groups is 1. The Bertz CT molecular complexity index is 956. The van der Waals surface area contributed by atoms with E-state index in [2.05, 4.69) is 43.5 Å². The number of nitrogens with one attached hydrogen (secondary N) is 1. The van der Waals surface area contributed by atoms with E-state index in [-0.39, 0.29) is 18.9 Å². The van der Waals surface area contributed by atoms with E-state index < -0.39 is 32.7 Å². The number of aliphatic hydroxyl groups excluding tert-OH is 2. The van der Waals surface area contributed by atoms with E-state index in [1.165, 1.54) is 116 Å². The fourth-order valence-corrected chi connectivity index (χ4v) is 7.09. The first-order chi connectivity index (χ1) is 25.9. The number of phosphoric acid groups is 1. The minimum Gasteiger partial charge on any atom is -0.756 e. The van der Waals surface area contributed by atoms with Crippen LogP contribution in [0.3, 0.4) is 0 Å². The number of allylic oxidation sites excluding steroid dienone is 4. The number of rotatable bonds is 40. The fraction of sp³-hybridized carbons (Fsp3) is 0.886. The number of unbranched alkanes of at least 4 members (excludes halogenated alkanes) is 22. The molecule has 0 saturated heterocycles. The quantitative estimate of drug-likeness (QED) is 0.0244. The first-order valence-corrected chi connectivity index (χ1v) is 23.7. The van der Waals surface area contributed by atoms with Gasteiger partial charge in [0.1, 0.15) is 19.3 Å². The molecule has 0 aromatic rings. The molecule has 0 aliphatic rings. The van der Waals surface area contributed by atoms with Crippen LogP contribution in [0, 0.1) is 0 Å². The van der Waals surface area contributed by atoms with Crippen molar-refractivity contribution in [2.75, 3.05) is 40.9 Å². The van der Waals surface area contributed by atoms with Crippen molar-refractivity contribution in [1.82, 2.24) is 5.32 Å². The van der Waals surface area contributed by atoms with Gasteiger partial charge in [0.15, 0.2) is 0 Å². The molecular weight excluding hydrogens is 699 g/mol. The predicted molar refractivity (Wildman–Crippen MR) is 225 cm³/mol. The monoisotopic (exact) mass is 787 g/mol. The number of hydrogen-bond donors (Lipinski definition) is 3. The molecule has 0 fully saturated rings. The van der Waals surface area contributed by atoms with Crippen LogP contribution in [-0.2, 0) is 18.4 Å². The molecule has 0 aromatic carbocycles. The highest BCUT2D eigenvalue weighted by molar-refractivity contribution is 7.45. The molecule has 0 rings (SSSR count). The Balaban J connectivity index is 4.51. The summed E-state index contributed by atoms with van der Waals surface area (Å²) in [6.07, 6.45) is 37.9. The van der Waals surface area contributed by atoms with Gasteiger partial charge in [0, 0.05) is 6.42 Å². The molecule has 3 N–H and O–H groups in total. The van der Waals surface area contributed by atoms with Crippen LogP contribution in [0.5, 0.6) is 0 Å². The predicted octanol–water partition coefficient (Wildman–Crippen LogP) is 10.5. The molecule has 0 heterocycles. The van der Waals surface area contributed by atoms with E-state index in [0.717, 1.165) is 38.5 Å². The molecule has 9 nitrogen and oxygen atoms in total. The van der Waals surface area contributed by atoms with E-state index >= 15 is 0 Å². The van der Waals surface area contributed by atoms with Crippen LogP contribution in [-0.4, -0.2) is 79.8 Å². The normalized spacial score (nSPS) is 15.2. The largest absolute Gasteiger partial charge is 0.756 e. The number of quaternary nitrogens is 1. The third-order valence-electron chi connectivity index (χ3n) is 10.0. The molecule has 0 saturated carbocycles. The van der Waals surface area contributed by atoms with Crippen molar-refractivity contribution < 1.29 is 38.0 Å². The maximum atomic E-state index is 12.9. The van der Waals surface area contributed by atoms with Crippen molar-refractivity contribution in [3.8, 4) is 0 Å². The van der Waals surface area contributed by atoms with Gasteiger partial charge in [0.25, 0.3) is 7.82 Å². The van der Waals surface area contributed by atoms with E-state index in [1.54, 1.807) is 0 Å². The highest BCUT2D eigenvalue weighted by atomic mass is 31.2. The van der Waals surface area contributed by atoms with Crippen molar-refractivity contribution in [2.45, 2.75) is 212 Å². The topological polar surface area (TPSA) is 128 Å². The van der Waals surface area contributed by atoms with Crippen LogP contribution in [0.4, 0.5) is 0 Å². The summed E-state index contributed by atoms with van der Waals surface area (Å²) >= 11 is 0. The van der Waals surface area contributed by atoms with Crippen LogP contribution in [0.1, 0.15) is 194 Å². The molecule has 0 radical (unpaired) electrons. The van der Waals surface area contributed by atoms with Crippen molar-refractivity contribution >= 4 is 13.7 Å². The number of nitrogens with zero attached hydrogens (tertiary/aromatic N) is 1. The zero-order valence-electron chi connectivity index (χ0n) is 35.8. The summed E-state index contributed by atoms with van der Waals surface area (Å²) in [5.41, 5.74) is 0. The standard InChI is InChI=1S/C44H87N2O7P/c1-6-8-10-12-14-16-18-20-21-22-23-24-25-27-29-31-33-35-37-43(48)45-41(40-53-54(50,51)52-39-38-46(3,4)5)44(49)42(47)36-34-32-30-28-26-19-17-15-13-11-9-7-2/h21-22,28,30,41-42,44,47,49H,6-20,23-27,29,31-40H2,1-5H3,(H-,45,48,50,51)/b22-21-,30-28+. The van der Waals surface area contributed by atoms with E-state index in [1.807, 2.05) is 21.1 Å². The smallest absolute Gasteiger partial charge is 0.268 e. The van der Waals surface area contributed by atoms with Crippen LogP contribution < -0.4 is 10.2 Å². The Kier molecular flexibility index (Phi) is 35.6. The Morgan fingerprint density at radius 3 is 1.50 bits per heavy atom. The first kappa shape index (κ1) is 52.9. The Hall–Kier alpha value is -1.06. The van der Waals surface area contributed by atoms with Gasteiger partial charge in [-0.3, -0.25) is 9.36 Å². The van der Waals surface area contributed by atoms with Gasteiger partial charge in [0.2, 0.25) is 5.91 Å². The number of amides is 1. The maximum Gasteiger partial charge on any atom is 0.268 e. The lowest BCUT2D eigenvalue weighted by Crippen LogP contribution is -2.51. The molecule has 0 bridgehead atoms. The zero-order valence-corrected chi connectivity index (χ0v) is 36.7. The molecule has 0 aromatic heterocycles. The van der Waals surface area contributed by atoms with Gasteiger partial charge in [-0.25, -0.2) is 0 Å². The summed E-state index contributed by atoms with van der Waals surface area (Å²) in [5.74, 6) is -0.293. The maximum absolute atomic E-state index is 12.9. The van der Waals surface area contributed by atoms with Crippen molar-refractivity contribution in [3.05, 3.63) is 24.3 Å². The average molecular weight is 787 g/mol. The molecule has 0 aliphatic carbocycles. The fourth-order valence-electron chi connectivity index (χ4n) is 6.37. The summed E-state index contributed by atoms with van der Waals surface area (Å²) < 4.78 is 23.1. The number of aliphatic hydroxyl groups is 2. The van der Waals surface area contributed by atoms with Crippen molar-refractivity contribution in [3.63, 3.8) is 0 Å². The lowest BCUT2D eigenvalue weighted by molar-refractivity contribution is -0.870. The molecule has 54 heavy (non-hydrogen) atoms. The van der Waals surface area contributed by atoms with Gasteiger partial charge in [-0.1, -0.05) is 147 Å². The second-order valence-corrected chi connectivity index (χ2v) is 17.9. The summed E-state index contributed by atoms with van der Waals surface area (Å²) in [5, 5.41) is 24.5. The molecule has 10 heteroatoms. The molecule has 320 valence electrons. The van der Waals surface area contributed by atoms with E-state index in [9.17, 15) is 24.5 Å². The zero-order chi connectivity index (χ0) is 40.2. The van der Waals surface area contributed by atoms with Crippen LogP contribution in [0.25, 0.3) is 0 Å². The number of phosphoric ester groups is 1. The minimum absolute atomic E-state index is 0.0463. The molecule has 4 atom stereocenters. The average Bonchev–Trinajstić information content (AvgIpc) is 3.12. The molecular formula is C44H87N2O7P. The first-order valence-electron chi connectivity index (χ1n) is 22.3. The van der Waals surface area contributed by atoms with E-state index in [0.29, 0.717) is 30.3 Å². The van der Waals surface area contributed by atoms with Crippen molar-refractivity contribution in [1.29, 1.82) is 0 Å². The van der Waals surface area contributed by atoms with Gasteiger partial charge < -0.3 is 34.0 Å². The summed E-state index contributed by atoms with van der Waals surface area (Å²) in [4.78, 5) is 25.3. The molecule has 0 spiro atoms. The number of hydrogen-bond acceptors (Lipinski definition) is 7. The van der Waals surface area contributed by atoms with Gasteiger partial charge in [-0.2, -0.15) is 0 Å². The SMILES string of the molecule is CCCCCCCCC/C=C\CCCCCCCCCC(=O)NC(COP(=O)([O-])OCC[N+](C)(C)C)C(O)C(O)CCC/C=C/CCCCCCCCC. The second-order valence-electron chi connectivity index (χ2n) is 16.5. The van der Waals surface area contributed by atoms with Crippen LogP contribution >= 0.6 is 7.82 Å². The van der Waals surface area contributed by atoms with Crippen LogP contribution in [0.15, 0.2) is 24.3 Å². The van der Waals surface area contributed by atoms with Crippen molar-refractivity contribution in [2.24, 2.45) is 0 Å². The Morgan fingerprint density at radius 2 is 1.06 bits per heavy atom. The summed E-state index contributed by atoms with van der Waals surface area (Å²) in [6, 6.07) is -1.09. The minimum atomic E-state index is -4.67. The molecule has 0 aliphatic heterocycles. The van der Waals surface area contributed by atoms with E-state index in [4.69, 9.17) is 9.05 Å². The van der Waals surface area contributed by atoms with Gasteiger partial charge >= 0.3 is 0 Å². The molecule has 4 unspecified atom stereocenters. The third kappa shape index (κ3) is 36.6. The van der Waals surface area contributed by atoms with Crippen LogP contribution in [0.2, 0.25) is 0 Å². The number of likely N-dealkylation sites (N-methyl/N-ethyl adjacent to an activating group) is 1. The Labute approximate surface area is 333 Å². The number of carbonyl (C=O) groups excluding carboxylic acids is 1. The van der Waals surface area contributed by atoms with Gasteiger partial charge in [-0.05, 0) is 64.2 Å². The summed E-state index contributed by atoms with van der Waals surface area (Å²) in [6.45, 7) is 4.40. The molecule has 1 amide bonds.